The van der Waals surface area contributed by atoms with Gasteiger partial charge in [0.05, 0.1) is 5.56 Å². The van der Waals surface area contributed by atoms with Crippen LogP contribution in [0.25, 0.3) is 0 Å². The Balaban J connectivity index is 2.44. The maximum Gasteiger partial charge on any atom is 0.252 e. The van der Waals surface area contributed by atoms with E-state index in [2.05, 4.69) is 17.2 Å². The lowest BCUT2D eigenvalue weighted by molar-refractivity contribution is 0.100. The molecule has 1 aromatic heterocycles. The minimum Gasteiger partial charge on any atom is -0.369 e. The number of amides is 1. The van der Waals surface area contributed by atoms with Gasteiger partial charge in [-0.3, -0.25) is 4.79 Å². The summed E-state index contributed by atoms with van der Waals surface area (Å²) in [7, 11) is 0. The van der Waals surface area contributed by atoms with Crippen molar-refractivity contribution in [2.75, 3.05) is 11.9 Å². The molecule has 0 atom stereocenters. The zero-order chi connectivity index (χ0) is 11.8. The molecule has 0 spiro atoms. The summed E-state index contributed by atoms with van der Waals surface area (Å²) < 4.78 is 0. The van der Waals surface area contributed by atoms with Crippen molar-refractivity contribution >= 4 is 11.7 Å². The Morgan fingerprint density at radius 2 is 2.25 bits per heavy atom. The molecule has 0 saturated heterocycles. The predicted octanol–water partition coefficient (Wildman–Crippen LogP) is 2.17. The van der Waals surface area contributed by atoms with E-state index in [4.69, 9.17) is 5.73 Å². The van der Waals surface area contributed by atoms with Crippen LogP contribution in [0.4, 0.5) is 5.82 Å². The number of pyridine rings is 1. The molecule has 16 heavy (non-hydrogen) atoms. The van der Waals surface area contributed by atoms with E-state index >= 15 is 0 Å². The van der Waals surface area contributed by atoms with Gasteiger partial charge in [0.15, 0.2) is 0 Å². The number of rotatable bonds is 7. The molecule has 88 valence electrons. The van der Waals surface area contributed by atoms with Gasteiger partial charge in [-0.1, -0.05) is 26.2 Å². The summed E-state index contributed by atoms with van der Waals surface area (Å²) in [4.78, 5) is 15.2. The highest BCUT2D eigenvalue weighted by atomic mass is 16.1. The Kier molecular flexibility index (Phi) is 5.32. The lowest BCUT2D eigenvalue weighted by Gasteiger charge is -2.08. The molecular formula is C12H19N3O. The normalized spacial score (nSPS) is 10.1. The summed E-state index contributed by atoms with van der Waals surface area (Å²) in [5.41, 5.74) is 5.70. The van der Waals surface area contributed by atoms with Gasteiger partial charge in [-0.25, -0.2) is 4.98 Å². The summed E-state index contributed by atoms with van der Waals surface area (Å²) in [6.45, 7) is 3.01. The third-order valence-corrected chi connectivity index (χ3v) is 2.40. The molecule has 0 aliphatic carbocycles. The standard InChI is InChI=1S/C12H19N3O/c1-2-3-4-5-8-14-12-10(11(13)16)7-6-9-15-12/h6-7,9H,2-5,8H2,1H3,(H2,13,16)(H,14,15). The van der Waals surface area contributed by atoms with E-state index in [1.54, 1.807) is 18.3 Å². The molecule has 0 unspecified atom stereocenters. The van der Waals surface area contributed by atoms with E-state index in [0.717, 1.165) is 13.0 Å². The molecule has 0 aliphatic rings. The number of carbonyl (C=O) groups excluding carboxylic acids is 1. The number of nitrogens with two attached hydrogens (primary N) is 1. The third kappa shape index (κ3) is 3.88. The van der Waals surface area contributed by atoms with E-state index in [0.29, 0.717) is 11.4 Å². The predicted molar refractivity (Wildman–Crippen MR) is 65.4 cm³/mol. The first-order chi connectivity index (χ1) is 7.75. The van der Waals surface area contributed by atoms with Crippen LogP contribution in [-0.2, 0) is 0 Å². The van der Waals surface area contributed by atoms with Gasteiger partial charge in [-0.05, 0) is 18.6 Å². The number of aromatic nitrogens is 1. The second kappa shape index (κ2) is 6.82. The molecule has 1 amide bonds. The molecule has 0 fully saturated rings. The first-order valence-electron chi connectivity index (χ1n) is 5.74. The highest BCUT2D eigenvalue weighted by molar-refractivity contribution is 5.97. The van der Waals surface area contributed by atoms with Crippen molar-refractivity contribution in [3.8, 4) is 0 Å². The van der Waals surface area contributed by atoms with Crippen molar-refractivity contribution in [3.05, 3.63) is 23.9 Å². The van der Waals surface area contributed by atoms with Gasteiger partial charge >= 0.3 is 0 Å². The Bertz CT molecular complexity index is 339. The van der Waals surface area contributed by atoms with Crippen molar-refractivity contribution in [2.24, 2.45) is 5.73 Å². The van der Waals surface area contributed by atoms with Crippen molar-refractivity contribution in [3.63, 3.8) is 0 Å². The molecule has 0 bridgehead atoms. The van der Waals surface area contributed by atoms with Crippen molar-refractivity contribution in [1.82, 2.24) is 4.98 Å². The van der Waals surface area contributed by atoms with Crippen LogP contribution in [0.15, 0.2) is 18.3 Å². The van der Waals surface area contributed by atoms with Gasteiger partial charge < -0.3 is 11.1 Å². The van der Waals surface area contributed by atoms with Crippen LogP contribution < -0.4 is 11.1 Å². The fourth-order valence-electron chi connectivity index (χ4n) is 1.50. The summed E-state index contributed by atoms with van der Waals surface area (Å²) in [5.74, 6) is 0.149. The van der Waals surface area contributed by atoms with Crippen LogP contribution in [0.1, 0.15) is 43.0 Å². The van der Waals surface area contributed by atoms with Gasteiger partial charge in [-0.2, -0.15) is 0 Å². The number of hydrogen-bond acceptors (Lipinski definition) is 3. The van der Waals surface area contributed by atoms with Crippen LogP contribution >= 0.6 is 0 Å². The van der Waals surface area contributed by atoms with Crippen LogP contribution in [0, 0.1) is 0 Å². The van der Waals surface area contributed by atoms with Crippen molar-refractivity contribution < 1.29 is 4.79 Å². The molecule has 1 heterocycles. The first kappa shape index (κ1) is 12.5. The fourth-order valence-corrected chi connectivity index (χ4v) is 1.50. The number of nitrogens with zero attached hydrogens (tertiary/aromatic N) is 1. The van der Waals surface area contributed by atoms with E-state index in [1.165, 1.54) is 19.3 Å². The number of anilines is 1. The molecule has 4 heteroatoms. The average molecular weight is 221 g/mol. The summed E-state index contributed by atoms with van der Waals surface area (Å²) in [6, 6.07) is 3.39. The monoisotopic (exact) mass is 221 g/mol. The third-order valence-electron chi connectivity index (χ3n) is 2.40. The summed E-state index contributed by atoms with van der Waals surface area (Å²) in [5, 5.41) is 3.14. The van der Waals surface area contributed by atoms with Crippen LogP contribution in [-0.4, -0.2) is 17.4 Å². The largest absolute Gasteiger partial charge is 0.369 e. The molecule has 0 radical (unpaired) electrons. The maximum atomic E-state index is 11.1. The number of hydrogen-bond donors (Lipinski definition) is 2. The first-order valence-corrected chi connectivity index (χ1v) is 5.74. The second-order valence-corrected chi connectivity index (χ2v) is 3.75. The van der Waals surface area contributed by atoms with E-state index < -0.39 is 5.91 Å². The van der Waals surface area contributed by atoms with E-state index in [-0.39, 0.29) is 0 Å². The smallest absolute Gasteiger partial charge is 0.252 e. The van der Waals surface area contributed by atoms with Gasteiger partial charge in [0.1, 0.15) is 5.82 Å². The number of carbonyl (C=O) groups is 1. The molecule has 1 aromatic rings. The van der Waals surface area contributed by atoms with Gasteiger partial charge in [0.25, 0.3) is 5.91 Å². The topological polar surface area (TPSA) is 68.0 Å². The molecule has 4 nitrogen and oxygen atoms in total. The average Bonchev–Trinajstić information content (AvgIpc) is 2.29. The minimum absolute atomic E-state index is 0.441. The van der Waals surface area contributed by atoms with Crippen LogP contribution in [0.5, 0.6) is 0 Å². The number of nitrogens with one attached hydrogen (secondary N) is 1. The van der Waals surface area contributed by atoms with Crippen molar-refractivity contribution in [2.45, 2.75) is 32.6 Å². The zero-order valence-electron chi connectivity index (χ0n) is 9.70. The molecule has 0 aromatic carbocycles. The maximum absolute atomic E-state index is 11.1. The molecule has 0 saturated carbocycles. The molecular weight excluding hydrogens is 202 g/mol. The lowest BCUT2D eigenvalue weighted by Crippen LogP contribution is -2.15. The highest BCUT2D eigenvalue weighted by Gasteiger charge is 2.07. The molecule has 0 aliphatic heterocycles. The Morgan fingerprint density at radius 1 is 1.44 bits per heavy atom. The quantitative estimate of drug-likeness (QED) is 0.693. The Labute approximate surface area is 96.3 Å². The number of primary amides is 1. The Morgan fingerprint density at radius 3 is 2.94 bits per heavy atom. The summed E-state index contributed by atoms with van der Waals surface area (Å²) >= 11 is 0. The van der Waals surface area contributed by atoms with Crippen molar-refractivity contribution in [1.29, 1.82) is 0 Å². The van der Waals surface area contributed by atoms with Crippen LogP contribution in [0.2, 0.25) is 0 Å². The van der Waals surface area contributed by atoms with Gasteiger partial charge in [0.2, 0.25) is 0 Å². The highest BCUT2D eigenvalue weighted by Crippen LogP contribution is 2.10. The Hall–Kier alpha value is -1.58. The van der Waals surface area contributed by atoms with E-state index in [9.17, 15) is 4.79 Å². The second-order valence-electron chi connectivity index (χ2n) is 3.75. The zero-order valence-corrected chi connectivity index (χ0v) is 9.70. The minimum atomic E-state index is -0.441. The lowest BCUT2D eigenvalue weighted by atomic mass is 10.2. The van der Waals surface area contributed by atoms with Crippen LogP contribution in [0.3, 0.4) is 0 Å². The SMILES string of the molecule is CCCCCCNc1ncccc1C(N)=O. The summed E-state index contributed by atoms with van der Waals surface area (Å²) in [6.07, 6.45) is 6.40. The molecule has 1 rings (SSSR count). The van der Waals surface area contributed by atoms with Gasteiger partial charge in [0, 0.05) is 12.7 Å². The number of unbranched alkanes of at least 4 members (excludes halogenated alkanes) is 3. The fraction of sp³-hybridized carbons (Fsp3) is 0.500. The van der Waals surface area contributed by atoms with E-state index in [1.807, 2.05) is 0 Å². The van der Waals surface area contributed by atoms with Gasteiger partial charge in [-0.15, -0.1) is 0 Å². The molecule has 3 N–H and O–H groups in total.